The Kier molecular flexibility index (Phi) is 8.09. The molecule has 5 heteroatoms. The molecule has 0 saturated heterocycles. The van der Waals surface area contributed by atoms with Crippen molar-refractivity contribution in [2.45, 2.75) is 59.0 Å². The molecule has 0 bridgehead atoms. The van der Waals surface area contributed by atoms with Gasteiger partial charge in [0.2, 0.25) is 0 Å². The minimum atomic E-state index is -0.480. The Morgan fingerprint density at radius 1 is 1.25 bits per heavy atom. The fourth-order valence-electron chi connectivity index (χ4n) is 1.02. The highest BCUT2D eigenvalue weighted by atomic mass is 127. The normalized spacial score (nSPS) is 11.3. The van der Waals surface area contributed by atoms with Gasteiger partial charge in [-0.25, -0.2) is 4.79 Å². The van der Waals surface area contributed by atoms with Crippen molar-refractivity contribution in [3.63, 3.8) is 0 Å². The van der Waals surface area contributed by atoms with Gasteiger partial charge < -0.3 is 4.74 Å². The van der Waals surface area contributed by atoms with Gasteiger partial charge in [0, 0.05) is 0 Å². The Bertz CT molecular complexity index is 204. The summed E-state index contributed by atoms with van der Waals surface area (Å²) in [6, 6.07) is 0. The second-order valence-electron chi connectivity index (χ2n) is 4.62. The lowest BCUT2D eigenvalue weighted by Crippen LogP contribution is -2.31. The molecule has 0 fully saturated rings. The molecule has 0 spiro atoms. The molecule has 0 aliphatic rings. The molecule has 0 aromatic rings. The number of hydroxylamine groups is 1. The number of unbranched alkanes of at least 4 members (excludes halogenated alkanes) is 3. The molecule has 0 unspecified atom stereocenters. The van der Waals surface area contributed by atoms with Crippen molar-refractivity contribution in [3.05, 3.63) is 0 Å². The van der Waals surface area contributed by atoms with Gasteiger partial charge in [-0.2, -0.15) is 0 Å². The molecule has 1 amide bonds. The highest BCUT2D eigenvalue weighted by Crippen LogP contribution is 2.13. The first kappa shape index (κ1) is 16.0. The number of ether oxygens (including phenoxy) is 1. The number of hydrogen-bond donors (Lipinski definition) is 0. The maximum atomic E-state index is 11.4. The van der Waals surface area contributed by atoms with Crippen LogP contribution in [-0.2, 0) is 9.57 Å². The standard InChI is InChI=1S/C11H22INO3/c1-5-6-7-8-9-15-13(12)10(14)16-11(2,3)4/h5-9H2,1-4H3. The molecule has 16 heavy (non-hydrogen) atoms. The Hall–Kier alpha value is -0.0400. The van der Waals surface area contributed by atoms with Gasteiger partial charge in [-0.15, -0.1) is 3.28 Å². The van der Waals surface area contributed by atoms with Crippen molar-refractivity contribution in [2.24, 2.45) is 0 Å². The van der Waals surface area contributed by atoms with Crippen LogP contribution in [0.4, 0.5) is 4.79 Å². The third-order valence-electron chi connectivity index (χ3n) is 1.74. The Balaban J connectivity index is 3.64. The topological polar surface area (TPSA) is 38.8 Å². The molecule has 0 radical (unpaired) electrons. The average Bonchev–Trinajstić information content (AvgIpc) is 2.14. The summed E-state index contributed by atoms with van der Waals surface area (Å²) in [7, 11) is 0. The van der Waals surface area contributed by atoms with Crippen molar-refractivity contribution in [3.8, 4) is 0 Å². The number of nitrogens with zero attached hydrogens (tertiary/aromatic N) is 1. The molecule has 0 atom stereocenters. The third-order valence-corrected chi connectivity index (χ3v) is 2.41. The Morgan fingerprint density at radius 2 is 1.88 bits per heavy atom. The van der Waals surface area contributed by atoms with Gasteiger partial charge in [0.05, 0.1) is 29.5 Å². The zero-order valence-corrected chi connectivity index (χ0v) is 12.7. The summed E-state index contributed by atoms with van der Waals surface area (Å²) in [6.07, 6.45) is 4.05. The first-order chi connectivity index (χ1) is 7.37. The summed E-state index contributed by atoms with van der Waals surface area (Å²) in [5.41, 5.74) is -0.480. The number of carbonyl (C=O) groups is 1. The number of halogens is 1. The third kappa shape index (κ3) is 9.21. The summed E-state index contributed by atoms with van der Waals surface area (Å²) < 4.78 is 6.27. The summed E-state index contributed by atoms with van der Waals surface area (Å²) in [5.74, 6) is 0. The number of amides is 1. The molecule has 4 nitrogen and oxygen atoms in total. The Morgan fingerprint density at radius 3 is 2.38 bits per heavy atom. The molecule has 0 aromatic heterocycles. The second-order valence-corrected chi connectivity index (χ2v) is 5.50. The minimum absolute atomic E-state index is 0.455. The molecule has 0 saturated carbocycles. The lowest BCUT2D eigenvalue weighted by atomic mass is 10.2. The van der Waals surface area contributed by atoms with E-state index in [0.717, 1.165) is 16.1 Å². The van der Waals surface area contributed by atoms with Gasteiger partial charge in [0.25, 0.3) is 0 Å². The van der Waals surface area contributed by atoms with Crippen LogP contribution < -0.4 is 0 Å². The zero-order valence-electron chi connectivity index (χ0n) is 10.6. The lowest BCUT2D eigenvalue weighted by molar-refractivity contribution is -0.0690. The Labute approximate surface area is 112 Å². The summed E-state index contributed by atoms with van der Waals surface area (Å²) in [5, 5.41) is 0. The molecule has 0 heterocycles. The van der Waals surface area contributed by atoms with Crippen LogP contribution in [0.3, 0.4) is 0 Å². The smallest absolute Gasteiger partial charge is 0.442 e. The van der Waals surface area contributed by atoms with Crippen LogP contribution in [0.2, 0.25) is 0 Å². The van der Waals surface area contributed by atoms with Crippen molar-refractivity contribution in [1.29, 1.82) is 0 Å². The van der Waals surface area contributed by atoms with Gasteiger partial charge in [-0.1, -0.05) is 26.2 Å². The van der Waals surface area contributed by atoms with Crippen molar-refractivity contribution < 1.29 is 14.4 Å². The van der Waals surface area contributed by atoms with Crippen LogP contribution in [0.15, 0.2) is 0 Å². The van der Waals surface area contributed by atoms with Gasteiger partial charge in [-0.05, 0) is 27.2 Å². The van der Waals surface area contributed by atoms with Crippen LogP contribution in [-0.4, -0.2) is 21.6 Å². The molecule has 0 rings (SSSR count). The second kappa shape index (κ2) is 8.11. The molecule has 0 aliphatic heterocycles. The van der Waals surface area contributed by atoms with E-state index in [-0.39, 0.29) is 0 Å². The van der Waals surface area contributed by atoms with E-state index in [0.29, 0.717) is 6.61 Å². The monoisotopic (exact) mass is 343 g/mol. The van der Waals surface area contributed by atoms with Crippen LogP contribution >= 0.6 is 22.9 Å². The fourth-order valence-corrected chi connectivity index (χ4v) is 1.32. The summed E-state index contributed by atoms with van der Waals surface area (Å²) in [4.78, 5) is 16.7. The van der Waals surface area contributed by atoms with E-state index in [1.807, 2.05) is 20.8 Å². The molecule has 0 N–H and O–H groups in total. The molecule has 0 aliphatic carbocycles. The highest BCUT2D eigenvalue weighted by Gasteiger charge is 2.21. The zero-order chi connectivity index (χ0) is 12.6. The van der Waals surface area contributed by atoms with Gasteiger partial charge in [0.15, 0.2) is 0 Å². The van der Waals surface area contributed by atoms with E-state index >= 15 is 0 Å². The molecular weight excluding hydrogens is 321 g/mol. The largest absolute Gasteiger partial charge is 0.443 e. The predicted molar refractivity (Wildman–Crippen MR) is 72.2 cm³/mol. The molecular formula is C11H22INO3. The van der Waals surface area contributed by atoms with Crippen molar-refractivity contribution >= 4 is 29.0 Å². The maximum Gasteiger partial charge on any atom is 0.443 e. The van der Waals surface area contributed by atoms with Crippen LogP contribution in [0.5, 0.6) is 0 Å². The summed E-state index contributed by atoms with van der Waals surface area (Å²) >= 11 is 1.81. The average molecular weight is 343 g/mol. The first-order valence-electron chi connectivity index (χ1n) is 5.68. The van der Waals surface area contributed by atoms with Gasteiger partial charge in [0.1, 0.15) is 5.60 Å². The maximum absolute atomic E-state index is 11.4. The fraction of sp³-hybridized carbons (Fsp3) is 0.909. The van der Waals surface area contributed by atoms with Gasteiger partial charge >= 0.3 is 6.09 Å². The van der Waals surface area contributed by atoms with E-state index in [2.05, 4.69) is 6.92 Å². The van der Waals surface area contributed by atoms with Crippen LogP contribution in [0.1, 0.15) is 53.4 Å². The number of carbonyl (C=O) groups excluding carboxylic acids is 1. The van der Waals surface area contributed by atoms with Crippen LogP contribution in [0.25, 0.3) is 0 Å². The van der Waals surface area contributed by atoms with Crippen LogP contribution in [0, 0.1) is 0 Å². The van der Waals surface area contributed by atoms with E-state index in [1.54, 1.807) is 22.9 Å². The quantitative estimate of drug-likeness (QED) is 0.316. The predicted octanol–water partition coefficient (Wildman–Crippen LogP) is 4.09. The first-order valence-corrected chi connectivity index (χ1v) is 6.65. The van der Waals surface area contributed by atoms with E-state index in [1.165, 1.54) is 12.8 Å². The minimum Gasteiger partial charge on any atom is -0.442 e. The van der Waals surface area contributed by atoms with E-state index in [4.69, 9.17) is 9.57 Å². The highest BCUT2D eigenvalue weighted by molar-refractivity contribution is 14.1. The van der Waals surface area contributed by atoms with Crippen molar-refractivity contribution in [1.82, 2.24) is 3.28 Å². The van der Waals surface area contributed by atoms with E-state index in [9.17, 15) is 4.79 Å². The molecule has 96 valence electrons. The van der Waals surface area contributed by atoms with Crippen molar-refractivity contribution in [2.75, 3.05) is 6.61 Å². The molecule has 0 aromatic carbocycles. The SMILES string of the molecule is CCCCCCON(I)C(=O)OC(C)(C)C. The van der Waals surface area contributed by atoms with E-state index < -0.39 is 11.7 Å². The number of hydrogen-bond acceptors (Lipinski definition) is 3. The lowest BCUT2D eigenvalue weighted by Gasteiger charge is -2.22. The summed E-state index contributed by atoms with van der Waals surface area (Å²) in [6.45, 7) is 8.21. The number of rotatable bonds is 6. The van der Waals surface area contributed by atoms with Gasteiger partial charge in [-0.3, -0.25) is 4.84 Å².